The lowest BCUT2D eigenvalue weighted by Gasteiger charge is -2.28. The summed E-state index contributed by atoms with van der Waals surface area (Å²) in [6, 6.07) is 2.91. The summed E-state index contributed by atoms with van der Waals surface area (Å²) in [5.74, 6) is -0.213. The fourth-order valence-corrected chi connectivity index (χ4v) is 1.97. The molecule has 1 atom stereocenters. The third kappa shape index (κ3) is 5.67. The van der Waals surface area contributed by atoms with Crippen molar-refractivity contribution in [3.63, 3.8) is 0 Å². The molecule has 0 aromatic heterocycles. The van der Waals surface area contributed by atoms with Gasteiger partial charge in [0.25, 0.3) is 0 Å². The van der Waals surface area contributed by atoms with Crippen LogP contribution in [0.2, 0.25) is 5.02 Å². The Kier molecular flexibility index (Phi) is 6.32. The van der Waals surface area contributed by atoms with Crippen molar-refractivity contribution < 1.29 is 27.8 Å². The number of benzene rings is 1. The number of rotatable bonds is 5. The summed E-state index contributed by atoms with van der Waals surface area (Å²) in [6.07, 6.45) is -0.165. The van der Waals surface area contributed by atoms with Gasteiger partial charge in [-0.15, -0.1) is 0 Å². The molecule has 0 saturated heterocycles. The van der Waals surface area contributed by atoms with E-state index in [-0.39, 0.29) is 10.8 Å². The quantitative estimate of drug-likeness (QED) is 0.752. The van der Waals surface area contributed by atoms with E-state index in [9.17, 15) is 18.4 Å². The first-order valence-electron chi connectivity index (χ1n) is 6.70. The van der Waals surface area contributed by atoms with Gasteiger partial charge in [0.1, 0.15) is 23.7 Å². The molecular weight excluding hydrogens is 332 g/mol. The van der Waals surface area contributed by atoms with E-state index in [0.717, 1.165) is 4.90 Å². The van der Waals surface area contributed by atoms with Gasteiger partial charge in [-0.25, -0.2) is 4.79 Å². The topological polar surface area (TPSA) is 55.8 Å². The van der Waals surface area contributed by atoms with E-state index in [1.54, 1.807) is 20.8 Å². The van der Waals surface area contributed by atoms with Crippen molar-refractivity contribution in [2.24, 2.45) is 0 Å². The zero-order valence-corrected chi connectivity index (χ0v) is 13.9. The van der Waals surface area contributed by atoms with E-state index < -0.39 is 24.3 Å². The van der Waals surface area contributed by atoms with Gasteiger partial charge in [0, 0.05) is 7.05 Å². The van der Waals surface area contributed by atoms with E-state index in [4.69, 9.17) is 16.3 Å². The van der Waals surface area contributed by atoms with Crippen LogP contribution in [-0.4, -0.2) is 36.5 Å². The third-order valence-corrected chi connectivity index (χ3v) is 3.04. The van der Waals surface area contributed by atoms with Crippen LogP contribution in [0.3, 0.4) is 0 Å². The smallest absolute Gasteiger partial charge is 0.410 e. The molecule has 0 saturated carbocycles. The Balaban J connectivity index is 2.99. The number of carbonyl (C=O) groups is 2. The van der Waals surface area contributed by atoms with Crippen LogP contribution in [0, 0.1) is 0 Å². The second-order valence-electron chi connectivity index (χ2n) is 5.74. The highest BCUT2D eigenvalue weighted by molar-refractivity contribution is 6.32. The highest BCUT2D eigenvalue weighted by Crippen LogP contribution is 2.30. The minimum atomic E-state index is -3.01. The maximum atomic E-state index is 12.2. The van der Waals surface area contributed by atoms with Crippen molar-refractivity contribution in [1.82, 2.24) is 4.90 Å². The van der Waals surface area contributed by atoms with Crippen LogP contribution < -0.4 is 4.74 Å². The Bertz CT molecular complexity index is 575. The molecule has 0 fully saturated rings. The fourth-order valence-electron chi connectivity index (χ4n) is 1.73. The number of ether oxygens (including phenoxy) is 2. The zero-order valence-electron chi connectivity index (χ0n) is 13.2. The highest BCUT2D eigenvalue weighted by Gasteiger charge is 2.26. The Morgan fingerprint density at radius 2 is 1.96 bits per heavy atom. The zero-order chi connectivity index (χ0) is 17.8. The fraction of sp³-hybridized carbons (Fsp3) is 0.467. The Labute approximate surface area is 138 Å². The summed E-state index contributed by atoms with van der Waals surface area (Å²) >= 11 is 5.86. The van der Waals surface area contributed by atoms with Gasteiger partial charge in [-0.05, 0) is 38.5 Å². The summed E-state index contributed by atoms with van der Waals surface area (Å²) in [6.45, 7) is 2.08. The first-order chi connectivity index (χ1) is 10.5. The minimum absolute atomic E-state index is 0.0905. The molecule has 0 heterocycles. The first-order valence-corrected chi connectivity index (χ1v) is 7.08. The number of nitrogens with zero attached hydrogens (tertiary/aromatic N) is 1. The molecule has 1 amide bonds. The van der Waals surface area contributed by atoms with Crippen molar-refractivity contribution >= 4 is 24.0 Å². The second kappa shape index (κ2) is 7.59. The van der Waals surface area contributed by atoms with Gasteiger partial charge in [-0.2, -0.15) is 8.78 Å². The molecule has 128 valence electrons. The van der Waals surface area contributed by atoms with Crippen LogP contribution in [-0.2, 0) is 9.53 Å². The predicted octanol–water partition coefficient (Wildman–Crippen LogP) is 4.05. The van der Waals surface area contributed by atoms with Crippen molar-refractivity contribution in [2.45, 2.75) is 39.0 Å². The molecule has 0 bridgehead atoms. The van der Waals surface area contributed by atoms with E-state index in [1.165, 1.54) is 25.2 Å². The molecule has 8 heteroatoms. The summed E-state index contributed by atoms with van der Waals surface area (Å²) < 4.78 is 33.8. The lowest BCUT2D eigenvalue weighted by Crippen LogP contribution is -2.37. The van der Waals surface area contributed by atoms with Crippen LogP contribution in [0.25, 0.3) is 0 Å². The summed E-state index contributed by atoms with van der Waals surface area (Å²) in [5, 5.41) is -0.0905. The standard InChI is InChI=1S/C15H18ClF2NO4/c1-15(2,3)23-14(21)19(4)11(8-20)9-5-6-12(10(16)7-9)22-13(17)18/h5-8,11,13H,1-4H3. The Morgan fingerprint density at radius 1 is 1.35 bits per heavy atom. The van der Waals surface area contributed by atoms with Crippen LogP contribution >= 0.6 is 11.6 Å². The number of aldehydes is 1. The van der Waals surface area contributed by atoms with Crippen LogP contribution in [0.1, 0.15) is 32.4 Å². The molecule has 1 rings (SSSR count). The van der Waals surface area contributed by atoms with Crippen molar-refractivity contribution in [2.75, 3.05) is 7.05 Å². The van der Waals surface area contributed by atoms with Crippen molar-refractivity contribution in [3.8, 4) is 5.75 Å². The Morgan fingerprint density at radius 3 is 2.39 bits per heavy atom. The molecule has 5 nitrogen and oxygen atoms in total. The van der Waals surface area contributed by atoms with E-state index in [2.05, 4.69) is 4.74 Å². The lowest BCUT2D eigenvalue weighted by atomic mass is 10.1. The second-order valence-corrected chi connectivity index (χ2v) is 6.15. The maximum Gasteiger partial charge on any atom is 0.410 e. The largest absolute Gasteiger partial charge is 0.444 e. The average molecular weight is 350 g/mol. The number of likely N-dealkylation sites (N-methyl/N-ethyl adjacent to an activating group) is 1. The summed E-state index contributed by atoms with van der Waals surface area (Å²) in [4.78, 5) is 24.5. The predicted molar refractivity (Wildman–Crippen MR) is 80.9 cm³/mol. The molecule has 1 aromatic carbocycles. The van der Waals surface area contributed by atoms with E-state index in [0.29, 0.717) is 11.8 Å². The van der Waals surface area contributed by atoms with Gasteiger partial charge in [0.2, 0.25) is 0 Å². The van der Waals surface area contributed by atoms with E-state index in [1.807, 2.05) is 0 Å². The number of halogens is 3. The monoisotopic (exact) mass is 349 g/mol. The van der Waals surface area contributed by atoms with Crippen LogP contribution in [0.4, 0.5) is 13.6 Å². The average Bonchev–Trinajstić information content (AvgIpc) is 2.40. The van der Waals surface area contributed by atoms with Gasteiger partial charge in [0.15, 0.2) is 0 Å². The minimum Gasteiger partial charge on any atom is -0.444 e. The molecule has 0 N–H and O–H groups in total. The number of amides is 1. The lowest BCUT2D eigenvalue weighted by molar-refractivity contribution is -0.112. The maximum absolute atomic E-state index is 12.2. The molecule has 0 aliphatic heterocycles. The number of alkyl halides is 2. The number of carbonyl (C=O) groups excluding carboxylic acids is 2. The van der Waals surface area contributed by atoms with Gasteiger partial charge < -0.3 is 14.3 Å². The van der Waals surface area contributed by atoms with Gasteiger partial charge in [-0.1, -0.05) is 17.7 Å². The molecule has 0 spiro atoms. The summed E-state index contributed by atoms with van der Waals surface area (Å²) in [7, 11) is 1.39. The van der Waals surface area contributed by atoms with Gasteiger partial charge in [0.05, 0.1) is 5.02 Å². The molecule has 0 aliphatic carbocycles. The molecule has 23 heavy (non-hydrogen) atoms. The first kappa shape index (κ1) is 19.2. The number of hydrogen-bond donors (Lipinski definition) is 0. The molecule has 0 aliphatic rings. The molecule has 1 unspecified atom stereocenters. The van der Waals surface area contributed by atoms with Crippen LogP contribution in [0.15, 0.2) is 18.2 Å². The van der Waals surface area contributed by atoms with Gasteiger partial charge in [-0.3, -0.25) is 4.90 Å². The number of hydrogen-bond acceptors (Lipinski definition) is 4. The molecule has 1 aromatic rings. The van der Waals surface area contributed by atoms with Crippen molar-refractivity contribution in [3.05, 3.63) is 28.8 Å². The SMILES string of the molecule is CN(C(=O)OC(C)(C)C)C(C=O)c1ccc(OC(F)F)c(Cl)c1. The normalized spacial score (nSPS) is 12.7. The van der Waals surface area contributed by atoms with E-state index >= 15 is 0 Å². The Hall–Kier alpha value is -1.89. The van der Waals surface area contributed by atoms with Crippen LogP contribution in [0.5, 0.6) is 5.75 Å². The highest BCUT2D eigenvalue weighted by atomic mass is 35.5. The summed E-state index contributed by atoms with van der Waals surface area (Å²) in [5.41, 5.74) is -0.370. The van der Waals surface area contributed by atoms with Crippen molar-refractivity contribution in [1.29, 1.82) is 0 Å². The third-order valence-electron chi connectivity index (χ3n) is 2.74. The molecule has 0 radical (unpaired) electrons. The van der Waals surface area contributed by atoms with Gasteiger partial charge >= 0.3 is 12.7 Å². The molecular formula is C15H18ClF2NO4.